The fourth-order valence-corrected chi connectivity index (χ4v) is 4.31. The van der Waals surface area contributed by atoms with Crippen molar-refractivity contribution in [3.05, 3.63) is 35.4 Å². The topological polar surface area (TPSA) is 57.7 Å². The Morgan fingerprint density at radius 3 is 2.60 bits per heavy atom. The largest absolute Gasteiger partial charge is 0.340 e. The van der Waals surface area contributed by atoms with Crippen molar-refractivity contribution in [1.82, 2.24) is 9.80 Å². The van der Waals surface area contributed by atoms with E-state index in [2.05, 4.69) is 0 Å². The molecule has 0 N–H and O–H groups in total. The van der Waals surface area contributed by atoms with Crippen LogP contribution in [0.5, 0.6) is 0 Å². The highest BCUT2D eigenvalue weighted by molar-refractivity contribution is 7.99. The average Bonchev–Trinajstić information content (AvgIpc) is 2.80. The maximum absolute atomic E-state index is 14.0. The number of hydrogen-bond donors (Lipinski definition) is 0. The molecule has 0 aliphatic carbocycles. The van der Waals surface area contributed by atoms with Crippen LogP contribution >= 0.6 is 11.8 Å². The molecule has 0 spiro atoms. The number of imide groups is 1. The van der Waals surface area contributed by atoms with Gasteiger partial charge in [0.2, 0.25) is 17.7 Å². The number of amides is 3. The smallest absolute Gasteiger partial charge is 0.242 e. The number of hydrogen-bond acceptors (Lipinski definition) is 4. The first kappa shape index (κ1) is 17.8. The van der Waals surface area contributed by atoms with Crippen LogP contribution in [0.4, 0.5) is 8.78 Å². The Morgan fingerprint density at radius 1 is 1.16 bits per heavy atom. The van der Waals surface area contributed by atoms with E-state index in [0.717, 1.165) is 17.0 Å². The summed E-state index contributed by atoms with van der Waals surface area (Å²) in [5.41, 5.74) is 0.309. The number of benzene rings is 1. The molecule has 2 heterocycles. The highest BCUT2D eigenvalue weighted by atomic mass is 32.2. The molecule has 0 bridgehead atoms. The number of carbonyl (C=O) groups excluding carboxylic acids is 3. The molecule has 2 fully saturated rings. The van der Waals surface area contributed by atoms with Crippen LogP contribution in [0.1, 0.15) is 30.1 Å². The normalized spacial score (nSPS) is 21.6. The van der Waals surface area contributed by atoms with E-state index in [1.165, 1.54) is 17.8 Å². The second kappa shape index (κ2) is 7.51. The average molecular weight is 368 g/mol. The van der Waals surface area contributed by atoms with Crippen molar-refractivity contribution in [1.29, 1.82) is 0 Å². The first-order valence-corrected chi connectivity index (χ1v) is 9.18. The van der Waals surface area contributed by atoms with Crippen molar-refractivity contribution in [3.8, 4) is 0 Å². The Labute approximate surface area is 148 Å². The lowest BCUT2D eigenvalue weighted by Gasteiger charge is -2.23. The lowest BCUT2D eigenvalue weighted by Crippen LogP contribution is -2.43. The van der Waals surface area contributed by atoms with E-state index in [1.807, 2.05) is 0 Å². The standard InChI is InChI=1S/C17H18F2N2O3S/c18-11-1-2-13(19)12(9-11)14-5-6-20(7-8-25-14)17(24)10-21-15(22)3-4-16(21)23/h1-2,9,14H,3-8,10H2/t14-/m0/s1. The molecule has 134 valence electrons. The van der Waals surface area contributed by atoms with E-state index < -0.39 is 11.6 Å². The summed E-state index contributed by atoms with van der Waals surface area (Å²) >= 11 is 1.48. The monoisotopic (exact) mass is 368 g/mol. The zero-order chi connectivity index (χ0) is 18.0. The number of rotatable bonds is 3. The lowest BCUT2D eigenvalue weighted by molar-refractivity contribution is -0.145. The maximum atomic E-state index is 14.0. The van der Waals surface area contributed by atoms with E-state index in [-0.39, 0.29) is 42.4 Å². The molecule has 0 aromatic heterocycles. The fraction of sp³-hybridized carbons (Fsp3) is 0.471. The van der Waals surface area contributed by atoms with Crippen molar-refractivity contribution < 1.29 is 23.2 Å². The Kier molecular flexibility index (Phi) is 5.36. The van der Waals surface area contributed by atoms with Crippen LogP contribution < -0.4 is 0 Å². The van der Waals surface area contributed by atoms with Crippen LogP contribution in [0, 0.1) is 11.6 Å². The second-order valence-electron chi connectivity index (χ2n) is 6.07. The molecule has 1 atom stereocenters. The Bertz CT molecular complexity index is 697. The van der Waals surface area contributed by atoms with E-state index in [1.54, 1.807) is 4.90 Å². The third kappa shape index (κ3) is 4.00. The Morgan fingerprint density at radius 2 is 1.88 bits per heavy atom. The third-order valence-electron chi connectivity index (χ3n) is 4.45. The minimum Gasteiger partial charge on any atom is -0.340 e. The molecular formula is C17H18F2N2O3S. The van der Waals surface area contributed by atoms with Gasteiger partial charge in [-0.2, -0.15) is 11.8 Å². The van der Waals surface area contributed by atoms with E-state index in [0.29, 0.717) is 30.8 Å². The fourth-order valence-electron chi connectivity index (χ4n) is 3.06. The predicted octanol–water partition coefficient (Wildman–Crippen LogP) is 2.12. The van der Waals surface area contributed by atoms with Crippen LogP contribution in [-0.4, -0.2) is 52.9 Å². The summed E-state index contributed by atoms with van der Waals surface area (Å²) in [6, 6.07) is 3.40. The number of halogens is 2. The van der Waals surface area contributed by atoms with E-state index >= 15 is 0 Å². The third-order valence-corrected chi connectivity index (χ3v) is 5.76. The zero-order valence-electron chi connectivity index (χ0n) is 13.5. The van der Waals surface area contributed by atoms with Gasteiger partial charge in [-0.3, -0.25) is 19.3 Å². The molecule has 2 aliphatic rings. The highest BCUT2D eigenvalue weighted by Gasteiger charge is 2.32. The number of carbonyl (C=O) groups is 3. The Hall–Kier alpha value is -1.96. The van der Waals surface area contributed by atoms with Gasteiger partial charge >= 0.3 is 0 Å². The quantitative estimate of drug-likeness (QED) is 0.767. The van der Waals surface area contributed by atoms with Crippen molar-refractivity contribution in [3.63, 3.8) is 0 Å². The molecule has 0 radical (unpaired) electrons. The van der Waals surface area contributed by atoms with Gasteiger partial charge in [0.15, 0.2) is 0 Å². The van der Waals surface area contributed by atoms with Gasteiger partial charge in [0.25, 0.3) is 0 Å². The minimum absolute atomic E-state index is 0.156. The highest BCUT2D eigenvalue weighted by Crippen LogP contribution is 2.36. The van der Waals surface area contributed by atoms with Gasteiger partial charge in [-0.15, -0.1) is 0 Å². The van der Waals surface area contributed by atoms with Crippen molar-refractivity contribution in [2.24, 2.45) is 0 Å². The van der Waals surface area contributed by atoms with Crippen LogP contribution in [0.2, 0.25) is 0 Å². The molecular weight excluding hydrogens is 350 g/mol. The van der Waals surface area contributed by atoms with Crippen LogP contribution in [0.3, 0.4) is 0 Å². The Balaban J connectivity index is 1.63. The molecule has 3 rings (SSSR count). The van der Waals surface area contributed by atoms with Crippen molar-refractivity contribution >= 4 is 29.5 Å². The molecule has 2 saturated heterocycles. The lowest BCUT2D eigenvalue weighted by atomic mass is 10.1. The molecule has 8 heteroatoms. The van der Waals surface area contributed by atoms with Gasteiger partial charge in [-0.05, 0) is 24.6 Å². The molecule has 25 heavy (non-hydrogen) atoms. The summed E-state index contributed by atoms with van der Waals surface area (Å²) in [6.07, 6.45) is 0.796. The molecule has 0 saturated carbocycles. The van der Waals surface area contributed by atoms with E-state index in [4.69, 9.17) is 0 Å². The van der Waals surface area contributed by atoms with Gasteiger partial charge in [0, 0.05) is 42.5 Å². The maximum Gasteiger partial charge on any atom is 0.242 e. The van der Waals surface area contributed by atoms with Gasteiger partial charge in [0.05, 0.1) is 0 Å². The SMILES string of the molecule is O=C(CN1C(=O)CCC1=O)N1CCS[C@H](c2cc(F)ccc2F)CC1. The van der Waals surface area contributed by atoms with Gasteiger partial charge in [-0.1, -0.05) is 0 Å². The molecule has 5 nitrogen and oxygen atoms in total. The van der Waals surface area contributed by atoms with Crippen molar-refractivity contribution in [2.45, 2.75) is 24.5 Å². The second-order valence-corrected chi connectivity index (χ2v) is 7.38. The molecule has 1 aromatic rings. The first-order valence-electron chi connectivity index (χ1n) is 8.13. The number of nitrogens with zero attached hydrogens (tertiary/aromatic N) is 2. The summed E-state index contributed by atoms with van der Waals surface area (Å²) < 4.78 is 27.4. The molecule has 2 aliphatic heterocycles. The molecule has 3 amide bonds. The predicted molar refractivity (Wildman–Crippen MR) is 88.7 cm³/mol. The van der Waals surface area contributed by atoms with Crippen LogP contribution in [0.15, 0.2) is 18.2 Å². The number of thioether (sulfide) groups is 1. The summed E-state index contributed by atoms with van der Waals surface area (Å²) in [5.74, 6) is -1.28. The summed E-state index contributed by atoms with van der Waals surface area (Å²) in [4.78, 5) is 38.2. The van der Waals surface area contributed by atoms with Crippen molar-refractivity contribution in [2.75, 3.05) is 25.4 Å². The van der Waals surface area contributed by atoms with Crippen LogP contribution in [-0.2, 0) is 14.4 Å². The first-order chi connectivity index (χ1) is 12.0. The summed E-state index contributed by atoms with van der Waals surface area (Å²) in [7, 11) is 0. The molecule has 1 aromatic carbocycles. The number of likely N-dealkylation sites (tertiary alicyclic amines) is 1. The summed E-state index contributed by atoms with van der Waals surface area (Å²) in [6.45, 7) is 0.594. The molecule has 0 unspecified atom stereocenters. The van der Waals surface area contributed by atoms with Gasteiger partial charge < -0.3 is 4.90 Å². The van der Waals surface area contributed by atoms with Gasteiger partial charge in [0.1, 0.15) is 18.2 Å². The van der Waals surface area contributed by atoms with Crippen LogP contribution in [0.25, 0.3) is 0 Å². The van der Waals surface area contributed by atoms with E-state index in [9.17, 15) is 23.2 Å². The minimum atomic E-state index is -0.486. The zero-order valence-corrected chi connectivity index (χ0v) is 14.4. The summed E-state index contributed by atoms with van der Waals surface area (Å²) in [5, 5.41) is -0.233. The van der Waals surface area contributed by atoms with Gasteiger partial charge in [-0.25, -0.2) is 8.78 Å².